The van der Waals surface area contributed by atoms with E-state index >= 15 is 0 Å². The number of carboxylic acids is 1. The molecule has 0 spiro atoms. The molecule has 0 aliphatic heterocycles. The number of carboxylic acid groups (broad SMARTS) is 1. The van der Waals surface area contributed by atoms with E-state index in [9.17, 15) is 4.79 Å². The van der Waals surface area contributed by atoms with Crippen LogP contribution < -0.4 is 0 Å². The third-order valence-electron chi connectivity index (χ3n) is 0.379. The zero-order valence-corrected chi connectivity index (χ0v) is 14.8. The molecule has 0 aromatic carbocycles. The Morgan fingerprint density at radius 1 is 0.895 bits per heavy atom. The molecular formula is C13H31O5Ti-. The number of hydrogen-bond donors (Lipinski definition) is 4. The van der Waals surface area contributed by atoms with Crippen LogP contribution in [-0.2, 0) is 26.5 Å². The minimum absolute atomic E-state index is 0. The summed E-state index contributed by atoms with van der Waals surface area (Å²) in [5.41, 5.74) is 0. The van der Waals surface area contributed by atoms with Gasteiger partial charge in [-0.1, -0.05) is 6.92 Å². The van der Waals surface area contributed by atoms with Crippen LogP contribution >= 0.6 is 0 Å². The van der Waals surface area contributed by atoms with Crippen molar-refractivity contribution in [3.8, 4) is 0 Å². The molecule has 6 heteroatoms. The van der Waals surface area contributed by atoms with Gasteiger partial charge in [0.25, 0.3) is 0 Å². The molecule has 0 aromatic rings. The summed E-state index contributed by atoms with van der Waals surface area (Å²) in [6, 6.07) is 0. The number of rotatable bonds is 2. The van der Waals surface area contributed by atoms with Crippen LogP contribution in [0.4, 0.5) is 0 Å². The first-order chi connectivity index (χ1) is 7.97. The number of aliphatic carboxylic acids is 1. The standard InChI is InChI=1S/C4H7O2.3C3H8O.Ti/c1-2-3-4(5)6;3*1-3(2)4;/h3H,2H2,1H3,(H,5,6);3*3-4H,1-2H3;/q-1;;;;. The fourth-order valence-electron chi connectivity index (χ4n) is 0.175. The van der Waals surface area contributed by atoms with Crippen LogP contribution in [0.3, 0.4) is 0 Å². The molecule has 0 aromatic heterocycles. The van der Waals surface area contributed by atoms with Crippen LogP contribution in [0, 0.1) is 6.42 Å². The van der Waals surface area contributed by atoms with E-state index in [2.05, 4.69) is 0 Å². The zero-order chi connectivity index (χ0) is 15.7. The van der Waals surface area contributed by atoms with Crippen LogP contribution in [0.2, 0.25) is 0 Å². The molecule has 0 fully saturated rings. The van der Waals surface area contributed by atoms with Gasteiger partial charge < -0.3 is 20.4 Å². The first kappa shape index (κ1) is 31.4. The van der Waals surface area contributed by atoms with Crippen molar-refractivity contribution in [1.82, 2.24) is 0 Å². The molecule has 0 amide bonds. The first-order valence-corrected chi connectivity index (χ1v) is 6.07. The Hall–Kier alpha value is -0.0657. The smallest absolute Gasteiger partial charge is 0.163 e. The second-order valence-electron chi connectivity index (χ2n) is 4.23. The third kappa shape index (κ3) is 529. The zero-order valence-electron chi connectivity index (χ0n) is 13.2. The number of carbonyl (C=O) groups is 1. The van der Waals surface area contributed by atoms with E-state index in [1.165, 1.54) is 6.42 Å². The van der Waals surface area contributed by atoms with Gasteiger partial charge in [-0.15, -0.1) is 0 Å². The van der Waals surface area contributed by atoms with Gasteiger partial charge in [-0.2, -0.15) is 6.42 Å². The Balaban J connectivity index is -0.0000000459. The number of hydrogen-bond acceptors (Lipinski definition) is 4. The third-order valence-corrected chi connectivity index (χ3v) is 0.379. The predicted octanol–water partition coefficient (Wildman–Crippen LogP) is 1.84. The molecule has 118 valence electrons. The van der Waals surface area contributed by atoms with Crippen LogP contribution in [0.1, 0.15) is 54.9 Å². The van der Waals surface area contributed by atoms with E-state index in [1.54, 1.807) is 48.5 Å². The molecule has 0 aliphatic carbocycles. The van der Waals surface area contributed by atoms with Crippen molar-refractivity contribution in [2.24, 2.45) is 0 Å². The van der Waals surface area contributed by atoms with E-state index in [1.807, 2.05) is 0 Å². The summed E-state index contributed by atoms with van der Waals surface area (Å²) in [7, 11) is 0. The monoisotopic (exact) mass is 315 g/mol. The largest absolute Gasteiger partial charge is 0.503 e. The first-order valence-electron chi connectivity index (χ1n) is 6.07. The molecule has 5 nitrogen and oxygen atoms in total. The Labute approximate surface area is 132 Å². The van der Waals surface area contributed by atoms with Gasteiger partial charge >= 0.3 is 0 Å². The fraction of sp³-hybridized carbons (Fsp3) is 0.846. The van der Waals surface area contributed by atoms with Crippen molar-refractivity contribution in [2.75, 3.05) is 0 Å². The predicted molar refractivity (Wildman–Crippen MR) is 74.3 cm³/mol. The summed E-state index contributed by atoms with van der Waals surface area (Å²) < 4.78 is 0. The van der Waals surface area contributed by atoms with Crippen molar-refractivity contribution < 1.29 is 46.9 Å². The topological polar surface area (TPSA) is 98.0 Å². The number of aliphatic hydroxyl groups is 3. The van der Waals surface area contributed by atoms with Crippen molar-refractivity contribution in [1.29, 1.82) is 0 Å². The second kappa shape index (κ2) is 26.5. The molecule has 0 saturated carbocycles. The maximum Gasteiger partial charge on any atom is 0.163 e. The van der Waals surface area contributed by atoms with Gasteiger partial charge in [0, 0.05) is 40.0 Å². The Bertz CT molecular complexity index is 127. The van der Waals surface area contributed by atoms with E-state index in [0.29, 0.717) is 6.42 Å². The van der Waals surface area contributed by atoms with Crippen molar-refractivity contribution >= 4 is 5.97 Å². The van der Waals surface area contributed by atoms with Crippen LogP contribution in [0.5, 0.6) is 0 Å². The maximum absolute atomic E-state index is 9.54. The molecule has 0 rings (SSSR count). The van der Waals surface area contributed by atoms with Crippen LogP contribution in [0.15, 0.2) is 0 Å². The molecule has 4 N–H and O–H groups in total. The maximum atomic E-state index is 9.54. The molecule has 0 saturated heterocycles. The van der Waals surface area contributed by atoms with Crippen molar-refractivity contribution in [3.63, 3.8) is 0 Å². The molecule has 0 heterocycles. The minimum atomic E-state index is -0.836. The van der Waals surface area contributed by atoms with Crippen LogP contribution in [0.25, 0.3) is 0 Å². The fourth-order valence-corrected chi connectivity index (χ4v) is 0.175. The van der Waals surface area contributed by atoms with Gasteiger partial charge in [0.15, 0.2) is 5.97 Å². The molecule has 0 aliphatic rings. The average molecular weight is 315 g/mol. The van der Waals surface area contributed by atoms with E-state index < -0.39 is 5.97 Å². The van der Waals surface area contributed by atoms with Gasteiger partial charge in [0.1, 0.15) is 0 Å². The summed E-state index contributed by atoms with van der Waals surface area (Å²) >= 11 is 0. The minimum Gasteiger partial charge on any atom is -0.503 e. The molecule has 0 bridgehead atoms. The molecule has 0 radical (unpaired) electrons. The Morgan fingerprint density at radius 3 is 1.05 bits per heavy atom. The number of aliphatic hydroxyl groups excluding tert-OH is 3. The summed E-state index contributed by atoms with van der Waals surface area (Å²) in [4.78, 5) is 9.54. The van der Waals surface area contributed by atoms with Gasteiger partial charge in [-0.05, 0) is 41.5 Å². The quantitative estimate of drug-likeness (QED) is 0.460. The van der Waals surface area contributed by atoms with Crippen molar-refractivity contribution in [3.05, 3.63) is 6.42 Å². The summed E-state index contributed by atoms with van der Waals surface area (Å²) in [6.07, 6.45) is 1.31. The van der Waals surface area contributed by atoms with E-state index in [0.717, 1.165) is 0 Å². The normalized spacial score (nSPS) is 8.05. The summed E-state index contributed by atoms with van der Waals surface area (Å²) in [6.45, 7) is 12.1. The Kier molecular flexibility index (Phi) is 43.7. The summed E-state index contributed by atoms with van der Waals surface area (Å²) in [5.74, 6) is -0.836. The SMILES string of the molecule is CC(C)O.CC(C)O.CC(C)O.CC[CH-]C(=O)O.[Ti]. The summed E-state index contributed by atoms with van der Waals surface area (Å²) in [5, 5.41) is 32.0. The molecule has 0 unspecified atom stereocenters. The van der Waals surface area contributed by atoms with Crippen LogP contribution in [-0.4, -0.2) is 44.7 Å². The average Bonchev–Trinajstić information content (AvgIpc) is 1.98. The second-order valence-corrected chi connectivity index (χ2v) is 4.23. The Morgan fingerprint density at radius 2 is 1.05 bits per heavy atom. The molecule has 0 atom stereocenters. The van der Waals surface area contributed by atoms with Gasteiger partial charge in [-0.3, -0.25) is 11.2 Å². The van der Waals surface area contributed by atoms with E-state index in [-0.39, 0.29) is 40.0 Å². The molecular weight excluding hydrogens is 284 g/mol. The van der Waals surface area contributed by atoms with Gasteiger partial charge in [0.2, 0.25) is 0 Å². The van der Waals surface area contributed by atoms with E-state index in [4.69, 9.17) is 20.4 Å². The van der Waals surface area contributed by atoms with Gasteiger partial charge in [-0.25, -0.2) is 0 Å². The van der Waals surface area contributed by atoms with Gasteiger partial charge in [0.05, 0.1) is 0 Å². The van der Waals surface area contributed by atoms with Crippen molar-refractivity contribution in [2.45, 2.75) is 73.2 Å². The molecule has 19 heavy (non-hydrogen) atoms.